The van der Waals surface area contributed by atoms with Gasteiger partial charge in [-0.1, -0.05) is 17.7 Å². The molecule has 0 saturated heterocycles. The number of nitrogens with one attached hydrogen (secondary N) is 1. The van der Waals surface area contributed by atoms with Gasteiger partial charge in [0.2, 0.25) is 0 Å². The minimum Gasteiger partial charge on any atom is -0.309 e. The maximum atomic E-state index is 5.93. The van der Waals surface area contributed by atoms with Crippen LogP contribution in [0, 0.1) is 0 Å². The van der Waals surface area contributed by atoms with E-state index in [2.05, 4.69) is 40.8 Å². The zero-order chi connectivity index (χ0) is 10.6. The number of hydrogen-bond donors (Lipinski definition) is 1. The molecule has 0 aromatic carbocycles. The highest BCUT2D eigenvalue weighted by Crippen LogP contribution is 2.31. The maximum absolute atomic E-state index is 5.93. The molecule has 78 valence electrons. The Labute approximate surface area is 102 Å². The van der Waals surface area contributed by atoms with Gasteiger partial charge in [-0.2, -0.15) is 0 Å². The van der Waals surface area contributed by atoms with Crippen molar-refractivity contribution in [2.24, 2.45) is 0 Å². The molecule has 14 heavy (non-hydrogen) atoms. The van der Waals surface area contributed by atoms with Crippen LogP contribution in [-0.4, -0.2) is 6.04 Å². The van der Waals surface area contributed by atoms with E-state index in [0.29, 0.717) is 6.04 Å². The maximum Gasteiger partial charge on any atom is 0.107 e. The second-order valence-electron chi connectivity index (χ2n) is 3.14. The standard InChI is InChI=1S/C10H13BrClNS/c1-3-4-7(2)13-6-8-5-9(11)10(12)14-8/h3,5,7,13H,1,4,6H2,2H3. The molecule has 1 heterocycles. The average molecular weight is 295 g/mol. The van der Waals surface area contributed by atoms with E-state index >= 15 is 0 Å². The third-order valence-electron chi connectivity index (χ3n) is 1.84. The Morgan fingerprint density at radius 2 is 2.50 bits per heavy atom. The summed E-state index contributed by atoms with van der Waals surface area (Å²) < 4.78 is 1.80. The zero-order valence-corrected chi connectivity index (χ0v) is 11.2. The molecule has 0 spiro atoms. The summed E-state index contributed by atoms with van der Waals surface area (Å²) in [5.41, 5.74) is 0. The summed E-state index contributed by atoms with van der Waals surface area (Å²) in [5.74, 6) is 0. The highest BCUT2D eigenvalue weighted by molar-refractivity contribution is 9.10. The van der Waals surface area contributed by atoms with Crippen molar-refractivity contribution in [2.75, 3.05) is 0 Å². The van der Waals surface area contributed by atoms with Gasteiger partial charge in [0.25, 0.3) is 0 Å². The Morgan fingerprint density at radius 3 is 3.00 bits per heavy atom. The molecule has 1 N–H and O–H groups in total. The SMILES string of the molecule is C=CCC(C)NCc1cc(Br)c(Cl)s1. The van der Waals surface area contributed by atoms with Gasteiger partial charge in [-0.15, -0.1) is 17.9 Å². The van der Waals surface area contributed by atoms with E-state index in [-0.39, 0.29) is 0 Å². The van der Waals surface area contributed by atoms with Crippen LogP contribution in [0.1, 0.15) is 18.2 Å². The number of halogens is 2. The third kappa shape index (κ3) is 3.73. The summed E-state index contributed by atoms with van der Waals surface area (Å²) in [7, 11) is 0. The molecule has 0 aliphatic rings. The first-order valence-corrected chi connectivity index (χ1v) is 6.40. The lowest BCUT2D eigenvalue weighted by Crippen LogP contribution is -2.24. The molecule has 0 aliphatic carbocycles. The first-order chi connectivity index (χ1) is 6.63. The minimum atomic E-state index is 0.465. The normalized spacial score (nSPS) is 12.8. The van der Waals surface area contributed by atoms with Gasteiger partial charge in [0.05, 0.1) is 0 Å². The van der Waals surface area contributed by atoms with Crippen molar-refractivity contribution in [3.05, 3.63) is 32.4 Å². The van der Waals surface area contributed by atoms with Gasteiger partial charge in [0, 0.05) is 21.9 Å². The van der Waals surface area contributed by atoms with E-state index < -0.39 is 0 Å². The molecule has 0 bridgehead atoms. The van der Waals surface area contributed by atoms with Crippen LogP contribution in [0.5, 0.6) is 0 Å². The van der Waals surface area contributed by atoms with Crippen molar-refractivity contribution < 1.29 is 0 Å². The molecule has 1 aromatic heterocycles. The van der Waals surface area contributed by atoms with Gasteiger partial charge in [-0.25, -0.2) is 0 Å². The molecule has 1 unspecified atom stereocenters. The van der Waals surface area contributed by atoms with E-state index in [0.717, 1.165) is 21.8 Å². The number of hydrogen-bond acceptors (Lipinski definition) is 2. The molecule has 0 saturated carbocycles. The van der Waals surface area contributed by atoms with Crippen LogP contribution < -0.4 is 5.32 Å². The molecule has 4 heteroatoms. The van der Waals surface area contributed by atoms with Gasteiger partial charge in [0.15, 0.2) is 0 Å². The Hall–Kier alpha value is 0.170. The second-order valence-corrected chi connectivity index (χ2v) is 5.73. The summed E-state index contributed by atoms with van der Waals surface area (Å²) >= 11 is 10.9. The first-order valence-electron chi connectivity index (χ1n) is 4.41. The monoisotopic (exact) mass is 293 g/mol. The van der Waals surface area contributed by atoms with Crippen molar-refractivity contribution in [1.82, 2.24) is 5.32 Å². The Bertz CT molecular complexity index is 292. The predicted octanol–water partition coefficient (Wildman–Crippen LogP) is 4.22. The number of rotatable bonds is 5. The smallest absolute Gasteiger partial charge is 0.107 e. The van der Waals surface area contributed by atoms with Crippen LogP contribution in [0.15, 0.2) is 23.2 Å². The van der Waals surface area contributed by atoms with Crippen molar-refractivity contribution >= 4 is 38.9 Å². The van der Waals surface area contributed by atoms with E-state index in [9.17, 15) is 0 Å². The Kier molecular flexibility index (Phi) is 5.17. The highest BCUT2D eigenvalue weighted by Gasteiger charge is 2.05. The van der Waals surface area contributed by atoms with Crippen LogP contribution in [0.4, 0.5) is 0 Å². The summed E-state index contributed by atoms with van der Waals surface area (Å²) in [6, 6.07) is 2.52. The first kappa shape index (κ1) is 12.2. The molecular weight excluding hydrogens is 282 g/mol. The summed E-state index contributed by atoms with van der Waals surface area (Å²) in [5, 5.41) is 3.40. The minimum absolute atomic E-state index is 0.465. The molecule has 0 aliphatic heterocycles. The molecule has 0 radical (unpaired) electrons. The van der Waals surface area contributed by atoms with Crippen molar-refractivity contribution in [3.63, 3.8) is 0 Å². The lowest BCUT2D eigenvalue weighted by molar-refractivity contribution is 0.557. The van der Waals surface area contributed by atoms with Crippen molar-refractivity contribution in [2.45, 2.75) is 25.9 Å². The van der Waals surface area contributed by atoms with Gasteiger partial charge >= 0.3 is 0 Å². The lowest BCUT2D eigenvalue weighted by atomic mass is 10.2. The van der Waals surface area contributed by atoms with Crippen LogP contribution in [0.25, 0.3) is 0 Å². The topological polar surface area (TPSA) is 12.0 Å². The van der Waals surface area contributed by atoms with Gasteiger partial charge in [0.1, 0.15) is 4.34 Å². The molecule has 1 aromatic rings. The third-order valence-corrected chi connectivity index (χ3v) is 4.32. The molecule has 1 atom stereocenters. The van der Waals surface area contributed by atoms with E-state index in [1.54, 1.807) is 11.3 Å². The average Bonchev–Trinajstić information content (AvgIpc) is 2.44. The Balaban J connectivity index is 2.41. The second kappa shape index (κ2) is 5.91. The van der Waals surface area contributed by atoms with Crippen LogP contribution in [-0.2, 0) is 6.54 Å². The van der Waals surface area contributed by atoms with Crippen molar-refractivity contribution in [1.29, 1.82) is 0 Å². The molecule has 0 fully saturated rings. The fourth-order valence-corrected chi connectivity index (χ4v) is 2.83. The Morgan fingerprint density at radius 1 is 1.79 bits per heavy atom. The van der Waals surface area contributed by atoms with Crippen LogP contribution in [0.3, 0.4) is 0 Å². The van der Waals surface area contributed by atoms with E-state index in [1.165, 1.54) is 4.88 Å². The summed E-state index contributed by atoms with van der Waals surface area (Å²) in [4.78, 5) is 1.25. The molecule has 1 rings (SSSR count). The quantitative estimate of drug-likeness (QED) is 0.802. The van der Waals surface area contributed by atoms with E-state index in [4.69, 9.17) is 11.6 Å². The zero-order valence-electron chi connectivity index (χ0n) is 8.02. The highest BCUT2D eigenvalue weighted by atomic mass is 79.9. The molecular formula is C10H13BrClNS. The van der Waals surface area contributed by atoms with Gasteiger partial charge in [-0.3, -0.25) is 0 Å². The predicted molar refractivity (Wildman–Crippen MR) is 68.1 cm³/mol. The summed E-state index contributed by atoms with van der Waals surface area (Å²) in [6.45, 7) is 6.72. The fraction of sp³-hybridized carbons (Fsp3) is 0.400. The van der Waals surface area contributed by atoms with Crippen LogP contribution >= 0.6 is 38.9 Å². The number of thiophene rings is 1. The molecule has 1 nitrogen and oxygen atoms in total. The largest absolute Gasteiger partial charge is 0.309 e. The molecule has 0 amide bonds. The van der Waals surface area contributed by atoms with E-state index in [1.807, 2.05) is 6.08 Å². The fourth-order valence-electron chi connectivity index (χ4n) is 1.09. The summed E-state index contributed by atoms with van der Waals surface area (Å²) in [6.07, 6.45) is 2.91. The van der Waals surface area contributed by atoms with Gasteiger partial charge < -0.3 is 5.32 Å². The van der Waals surface area contributed by atoms with Crippen LogP contribution in [0.2, 0.25) is 4.34 Å². The van der Waals surface area contributed by atoms with Crippen molar-refractivity contribution in [3.8, 4) is 0 Å². The lowest BCUT2D eigenvalue weighted by Gasteiger charge is -2.09. The van der Waals surface area contributed by atoms with Gasteiger partial charge in [-0.05, 0) is 35.3 Å².